The van der Waals surface area contributed by atoms with Crippen molar-refractivity contribution in [2.75, 3.05) is 46.5 Å². The summed E-state index contributed by atoms with van der Waals surface area (Å²) in [6, 6.07) is 0. The van der Waals surface area contributed by atoms with Crippen LogP contribution < -0.4 is 5.32 Å². The minimum absolute atomic E-state index is 0. The van der Waals surface area contributed by atoms with Crippen LogP contribution in [0, 0.1) is 5.92 Å². The van der Waals surface area contributed by atoms with Crippen molar-refractivity contribution in [3.8, 4) is 0 Å². The molecule has 0 amide bonds. The van der Waals surface area contributed by atoms with Crippen LogP contribution in [0.3, 0.4) is 0 Å². The number of nitrogens with zero attached hydrogens (tertiary/aromatic N) is 2. The molecule has 0 aliphatic heterocycles. The maximum atomic E-state index is 11.3. The molecule has 136 valence electrons. The van der Waals surface area contributed by atoms with Gasteiger partial charge in [-0.2, -0.15) is 0 Å². The Kier molecular flexibility index (Phi) is 13.5. The molecule has 0 radical (unpaired) electrons. The van der Waals surface area contributed by atoms with Gasteiger partial charge in [-0.15, -0.1) is 24.0 Å². The van der Waals surface area contributed by atoms with E-state index in [1.807, 2.05) is 20.9 Å². The second-order valence-electron chi connectivity index (χ2n) is 5.58. The second kappa shape index (κ2) is 13.8. The van der Waals surface area contributed by atoms with Crippen molar-refractivity contribution in [2.45, 2.75) is 39.5 Å². The van der Waals surface area contributed by atoms with Crippen molar-refractivity contribution < 1.29 is 14.3 Å². The maximum Gasteiger partial charge on any atom is 0.305 e. The highest BCUT2D eigenvalue weighted by Crippen LogP contribution is 2.28. The number of ether oxygens (including phenoxy) is 2. The quantitative estimate of drug-likeness (QED) is 0.175. The Bertz CT molecular complexity index is 349. The Balaban J connectivity index is 0.00000484. The SMILES string of the molecule is CCNC(=NCCCC(=O)OCC)N(C)CCOCC1CC1.I. The summed E-state index contributed by atoms with van der Waals surface area (Å²) in [5.41, 5.74) is 0. The van der Waals surface area contributed by atoms with Gasteiger partial charge in [0.15, 0.2) is 5.96 Å². The molecule has 1 saturated carbocycles. The van der Waals surface area contributed by atoms with E-state index in [-0.39, 0.29) is 29.9 Å². The van der Waals surface area contributed by atoms with Crippen LogP contribution in [0.1, 0.15) is 39.5 Å². The fraction of sp³-hybridized carbons (Fsp3) is 0.875. The van der Waals surface area contributed by atoms with E-state index in [0.717, 1.165) is 38.2 Å². The molecule has 1 fully saturated rings. The van der Waals surface area contributed by atoms with Crippen LogP contribution >= 0.6 is 24.0 Å². The van der Waals surface area contributed by atoms with Crippen LogP contribution in [-0.4, -0.2) is 63.3 Å². The number of rotatable bonds is 11. The molecule has 0 aromatic heterocycles. The third kappa shape index (κ3) is 11.6. The first-order chi connectivity index (χ1) is 10.7. The number of esters is 1. The minimum atomic E-state index is -0.149. The van der Waals surface area contributed by atoms with Gasteiger partial charge in [0.05, 0.1) is 13.2 Å². The lowest BCUT2D eigenvalue weighted by molar-refractivity contribution is -0.143. The molecule has 6 nitrogen and oxygen atoms in total. The summed E-state index contributed by atoms with van der Waals surface area (Å²) in [6.07, 6.45) is 3.77. The maximum absolute atomic E-state index is 11.3. The van der Waals surface area contributed by atoms with Gasteiger partial charge < -0.3 is 19.7 Å². The minimum Gasteiger partial charge on any atom is -0.466 e. The highest BCUT2D eigenvalue weighted by Gasteiger charge is 2.21. The van der Waals surface area contributed by atoms with Crippen LogP contribution in [-0.2, 0) is 14.3 Å². The molecule has 1 rings (SSSR count). The van der Waals surface area contributed by atoms with E-state index < -0.39 is 0 Å². The summed E-state index contributed by atoms with van der Waals surface area (Å²) in [4.78, 5) is 17.9. The predicted molar refractivity (Wildman–Crippen MR) is 103 cm³/mol. The van der Waals surface area contributed by atoms with Crippen LogP contribution in [0.25, 0.3) is 0 Å². The third-order valence-corrected chi connectivity index (χ3v) is 3.42. The van der Waals surface area contributed by atoms with E-state index >= 15 is 0 Å². The summed E-state index contributed by atoms with van der Waals surface area (Å²) in [7, 11) is 2.01. The number of hydrogen-bond donors (Lipinski definition) is 1. The number of carbonyl (C=O) groups is 1. The topological polar surface area (TPSA) is 63.2 Å². The average molecular weight is 441 g/mol. The molecule has 0 unspecified atom stereocenters. The molecule has 0 heterocycles. The summed E-state index contributed by atoms with van der Waals surface area (Å²) in [5, 5.41) is 3.26. The lowest BCUT2D eigenvalue weighted by atomic mass is 10.3. The first kappa shape index (κ1) is 22.4. The Labute approximate surface area is 157 Å². The van der Waals surface area contributed by atoms with E-state index in [2.05, 4.69) is 15.2 Å². The molecular weight excluding hydrogens is 409 g/mol. The Morgan fingerprint density at radius 1 is 1.35 bits per heavy atom. The van der Waals surface area contributed by atoms with E-state index in [9.17, 15) is 4.79 Å². The molecule has 1 N–H and O–H groups in total. The second-order valence-corrected chi connectivity index (χ2v) is 5.58. The van der Waals surface area contributed by atoms with Gasteiger partial charge in [0.1, 0.15) is 0 Å². The van der Waals surface area contributed by atoms with Gasteiger partial charge in [-0.25, -0.2) is 0 Å². The molecule has 1 aliphatic carbocycles. The molecule has 23 heavy (non-hydrogen) atoms. The van der Waals surface area contributed by atoms with Gasteiger partial charge in [0.2, 0.25) is 0 Å². The number of halogens is 1. The number of likely N-dealkylation sites (N-methyl/N-ethyl adjacent to an activating group) is 1. The zero-order valence-corrected chi connectivity index (χ0v) is 17.0. The molecule has 7 heteroatoms. The van der Waals surface area contributed by atoms with E-state index in [1.165, 1.54) is 12.8 Å². The molecule has 0 aromatic rings. The van der Waals surface area contributed by atoms with E-state index in [4.69, 9.17) is 9.47 Å². The highest BCUT2D eigenvalue weighted by molar-refractivity contribution is 14.0. The van der Waals surface area contributed by atoms with Gasteiger partial charge >= 0.3 is 5.97 Å². The van der Waals surface area contributed by atoms with Gasteiger partial charge in [0, 0.05) is 39.7 Å². The summed E-state index contributed by atoms with van der Waals surface area (Å²) >= 11 is 0. The fourth-order valence-electron chi connectivity index (χ4n) is 1.95. The molecule has 1 aliphatic rings. The highest BCUT2D eigenvalue weighted by atomic mass is 127. The zero-order chi connectivity index (χ0) is 16.2. The van der Waals surface area contributed by atoms with E-state index in [0.29, 0.717) is 26.0 Å². The predicted octanol–water partition coefficient (Wildman–Crippen LogP) is 2.27. The Morgan fingerprint density at radius 2 is 2.09 bits per heavy atom. The number of aliphatic imine (C=N–C) groups is 1. The largest absolute Gasteiger partial charge is 0.466 e. The van der Waals surface area contributed by atoms with E-state index in [1.54, 1.807) is 0 Å². The third-order valence-electron chi connectivity index (χ3n) is 3.42. The van der Waals surface area contributed by atoms with Crippen molar-refractivity contribution in [1.82, 2.24) is 10.2 Å². The number of hydrogen-bond acceptors (Lipinski definition) is 4. The Hall–Kier alpha value is -0.570. The normalized spacial score (nSPS) is 14.1. The molecule has 0 atom stereocenters. The Morgan fingerprint density at radius 3 is 2.70 bits per heavy atom. The number of guanidine groups is 1. The lowest BCUT2D eigenvalue weighted by Gasteiger charge is -2.22. The molecule has 0 spiro atoms. The lowest BCUT2D eigenvalue weighted by Crippen LogP contribution is -2.40. The molecule has 0 aromatic carbocycles. The van der Waals surface area contributed by atoms with Crippen molar-refractivity contribution in [3.05, 3.63) is 0 Å². The van der Waals surface area contributed by atoms with Crippen molar-refractivity contribution >= 4 is 35.9 Å². The average Bonchev–Trinajstić information content (AvgIpc) is 3.31. The zero-order valence-electron chi connectivity index (χ0n) is 14.7. The summed E-state index contributed by atoms with van der Waals surface area (Å²) in [6.45, 7) is 8.18. The van der Waals surface area contributed by atoms with Gasteiger partial charge in [-0.3, -0.25) is 9.79 Å². The first-order valence-electron chi connectivity index (χ1n) is 8.40. The fourth-order valence-corrected chi connectivity index (χ4v) is 1.95. The number of nitrogens with one attached hydrogen (secondary N) is 1. The van der Waals surface area contributed by atoms with Crippen molar-refractivity contribution in [2.24, 2.45) is 10.9 Å². The molecule has 0 saturated heterocycles. The van der Waals surface area contributed by atoms with Gasteiger partial charge in [-0.1, -0.05) is 0 Å². The van der Waals surface area contributed by atoms with Crippen LogP contribution in [0.4, 0.5) is 0 Å². The monoisotopic (exact) mass is 441 g/mol. The standard InChI is InChI=1S/C16H31N3O3.HI/c1-4-17-16(18-10-6-7-15(20)22-5-2)19(3)11-12-21-13-14-8-9-14;/h14H,4-13H2,1-3H3,(H,17,18);1H. The van der Waals surface area contributed by atoms with Crippen molar-refractivity contribution in [3.63, 3.8) is 0 Å². The van der Waals surface area contributed by atoms with Crippen LogP contribution in [0.5, 0.6) is 0 Å². The number of carbonyl (C=O) groups excluding carboxylic acids is 1. The van der Waals surface area contributed by atoms with Crippen molar-refractivity contribution in [1.29, 1.82) is 0 Å². The first-order valence-corrected chi connectivity index (χ1v) is 8.40. The summed E-state index contributed by atoms with van der Waals surface area (Å²) in [5.74, 6) is 1.51. The summed E-state index contributed by atoms with van der Waals surface area (Å²) < 4.78 is 10.6. The van der Waals surface area contributed by atoms with Gasteiger partial charge in [-0.05, 0) is 39.0 Å². The van der Waals surface area contributed by atoms with Crippen LogP contribution in [0.2, 0.25) is 0 Å². The van der Waals surface area contributed by atoms with Gasteiger partial charge in [0.25, 0.3) is 0 Å². The molecule has 0 bridgehead atoms. The smallest absolute Gasteiger partial charge is 0.305 e. The van der Waals surface area contributed by atoms with Crippen LogP contribution in [0.15, 0.2) is 4.99 Å². The molecular formula is C16H32IN3O3.